The Hall–Kier alpha value is -3.00. The van der Waals surface area contributed by atoms with Crippen molar-refractivity contribution < 1.29 is 0 Å². The van der Waals surface area contributed by atoms with E-state index in [1.165, 1.54) is 16.7 Å². The summed E-state index contributed by atoms with van der Waals surface area (Å²) in [6.45, 7) is 23.4. The number of benzene rings is 2. The van der Waals surface area contributed by atoms with Crippen LogP contribution >= 0.6 is 0 Å². The van der Waals surface area contributed by atoms with E-state index in [2.05, 4.69) is 120 Å². The Balaban J connectivity index is 1.93. The highest BCUT2D eigenvalue weighted by Gasteiger charge is 2.15. The summed E-state index contributed by atoms with van der Waals surface area (Å²) in [6, 6.07) is 16.7. The maximum Gasteiger partial charge on any atom is 0.0384 e. The van der Waals surface area contributed by atoms with Crippen LogP contribution in [0.1, 0.15) is 50.8 Å². The van der Waals surface area contributed by atoms with E-state index in [0.29, 0.717) is 0 Å². The highest BCUT2D eigenvalue weighted by Crippen LogP contribution is 2.28. The molecule has 0 atom stereocenters. The third-order valence-corrected chi connectivity index (χ3v) is 5.10. The molecule has 0 radical (unpaired) electrons. The fourth-order valence-electron chi connectivity index (χ4n) is 3.32. The zero-order chi connectivity index (χ0) is 22.3. The van der Waals surface area contributed by atoms with Gasteiger partial charge in [0.2, 0.25) is 0 Å². The molecule has 158 valence electrons. The molecule has 0 aromatic heterocycles. The fraction of sp³-hybridized carbons (Fsp3) is 0.286. The van der Waals surface area contributed by atoms with Crippen molar-refractivity contribution in [1.29, 1.82) is 0 Å². The van der Waals surface area contributed by atoms with E-state index in [9.17, 15) is 0 Å². The van der Waals surface area contributed by atoms with Crippen LogP contribution < -0.4 is 10.6 Å². The molecule has 30 heavy (non-hydrogen) atoms. The van der Waals surface area contributed by atoms with Gasteiger partial charge in [0, 0.05) is 29.2 Å². The van der Waals surface area contributed by atoms with Crippen LogP contribution in [0.2, 0.25) is 0 Å². The van der Waals surface area contributed by atoms with Crippen molar-refractivity contribution in [2.24, 2.45) is 5.41 Å². The van der Waals surface area contributed by atoms with E-state index < -0.39 is 0 Å². The lowest BCUT2D eigenvalue weighted by Gasteiger charge is -2.23. The van der Waals surface area contributed by atoms with Gasteiger partial charge >= 0.3 is 0 Å². The number of allylic oxidation sites excluding steroid dienone is 3. The summed E-state index contributed by atoms with van der Waals surface area (Å²) in [4.78, 5) is 0. The number of nitrogens with one attached hydrogen (secondary N) is 2. The molecule has 0 unspecified atom stereocenters. The first-order chi connectivity index (χ1) is 14.1. The zero-order valence-electron chi connectivity index (χ0n) is 19.2. The Bertz CT molecular complexity index is 920. The van der Waals surface area contributed by atoms with Crippen LogP contribution in [0.3, 0.4) is 0 Å². The number of anilines is 1. The van der Waals surface area contributed by atoms with Gasteiger partial charge in [0.25, 0.3) is 0 Å². The molecular formula is C28H36N2. The van der Waals surface area contributed by atoms with E-state index in [1.54, 1.807) is 0 Å². The van der Waals surface area contributed by atoms with Gasteiger partial charge in [0.1, 0.15) is 0 Å². The maximum absolute atomic E-state index is 4.17. The minimum atomic E-state index is 0.145. The molecule has 2 heteroatoms. The molecular weight excluding hydrogens is 364 g/mol. The van der Waals surface area contributed by atoms with Crippen molar-refractivity contribution in [3.8, 4) is 0 Å². The average Bonchev–Trinajstić information content (AvgIpc) is 2.67. The van der Waals surface area contributed by atoms with Crippen LogP contribution in [-0.4, -0.2) is 0 Å². The molecule has 0 spiro atoms. The van der Waals surface area contributed by atoms with Gasteiger partial charge in [0.15, 0.2) is 0 Å². The molecule has 2 nitrogen and oxygen atoms in total. The van der Waals surface area contributed by atoms with E-state index in [-0.39, 0.29) is 5.41 Å². The molecule has 0 saturated heterocycles. The first kappa shape index (κ1) is 23.3. The van der Waals surface area contributed by atoms with Crippen molar-refractivity contribution in [3.63, 3.8) is 0 Å². The van der Waals surface area contributed by atoms with Crippen molar-refractivity contribution >= 4 is 11.4 Å². The second-order valence-corrected chi connectivity index (χ2v) is 8.87. The van der Waals surface area contributed by atoms with E-state index >= 15 is 0 Å². The molecule has 0 heterocycles. The molecule has 0 saturated carbocycles. The summed E-state index contributed by atoms with van der Waals surface area (Å²) in [5, 5.41) is 6.72. The topological polar surface area (TPSA) is 24.1 Å². The number of aryl methyl sites for hydroxylation is 1. The van der Waals surface area contributed by atoms with E-state index in [4.69, 9.17) is 0 Å². The largest absolute Gasteiger partial charge is 0.360 e. The molecule has 0 aliphatic rings. The molecule has 2 N–H and O–H groups in total. The smallest absolute Gasteiger partial charge is 0.0384 e. The van der Waals surface area contributed by atoms with E-state index in [1.807, 2.05) is 0 Å². The van der Waals surface area contributed by atoms with Crippen molar-refractivity contribution in [2.45, 2.75) is 47.5 Å². The van der Waals surface area contributed by atoms with Crippen LogP contribution in [0.4, 0.5) is 5.69 Å². The summed E-state index contributed by atoms with van der Waals surface area (Å²) < 4.78 is 0. The van der Waals surface area contributed by atoms with Gasteiger partial charge in [0.05, 0.1) is 0 Å². The number of hydrogen-bond donors (Lipinski definition) is 2. The SMILES string of the molecule is C=C(/C=C(\CC)C(C)(C)C)NC(=C)Cc1ccc(NC(=C)c2ccc(C)cc2)cc1. The monoisotopic (exact) mass is 400 g/mol. The molecule has 0 aliphatic heterocycles. The summed E-state index contributed by atoms with van der Waals surface area (Å²) in [7, 11) is 0. The normalized spacial score (nSPS) is 11.7. The maximum atomic E-state index is 4.17. The van der Waals surface area contributed by atoms with Gasteiger partial charge in [-0.15, -0.1) is 0 Å². The minimum absolute atomic E-state index is 0.145. The molecule has 2 aromatic rings. The summed E-state index contributed by atoms with van der Waals surface area (Å²) in [5.41, 5.74) is 8.79. The van der Waals surface area contributed by atoms with Gasteiger partial charge in [-0.25, -0.2) is 0 Å². The quantitative estimate of drug-likeness (QED) is 0.423. The molecule has 0 amide bonds. The lowest BCUT2D eigenvalue weighted by atomic mass is 9.84. The molecule has 2 aromatic carbocycles. The van der Waals surface area contributed by atoms with Crippen LogP contribution in [-0.2, 0) is 6.42 Å². The van der Waals surface area contributed by atoms with Gasteiger partial charge < -0.3 is 10.6 Å². The Kier molecular flexibility index (Phi) is 7.88. The first-order valence-corrected chi connectivity index (χ1v) is 10.5. The third kappa shape index (κ3) is 7.11. The number of hydrogen-bond acceptors (Lipinski definition) is 2. The highest BCUT2D eigenvalue weighted by atomic mass is 14.9. The predicted molar refractivity (Wildman–Crippen MR) is 133 cm³/mol. The molecule has 0 bridgehead atoms. The van der Waals surface area contributed by atoms with Gasteiger partial charge in [-0.3, -0.25) is 0 Å². The van der Waals surface area contributed by atoms with Crippen LogP contribution in [0.25, 0.3) is 5.70 Å². The van der Waals surface area contributed by atoms with Crippen LogP contribution in [0, 0.1) is 12.3 Å². The lowest BCUT2D eigenvalue weighted by Crippen LogP contribution is -2.15. The molecule has 0 fully saturated rings. The predicted octanol–water partition coefficient (Wildman–Crippen LogP) is 7.62. The zero-order valence-corrected chi connectivity index (χ0v) is 19.2. The van der Waals surface area contributed by atoms with E-state index in [0.717, 1.165) is 41.2 Å². The Morgan fingerprint density at radius 2 is 1.53 bits per heavy atom. The minimum Gasteiger partial charge on any atom is -0.360 e. The van der Waals surface area contributed by atoms with Crippen molar-refractivity contribution in [2.75, 3.05) is 5.32 Å². The fourth-order valence-corrected chi connectivity index (χ4v) is 3.32. The van der Waals surface area contributed by atoms with Gasteiger partial charge in [-0.1, -0.05) is 95.0 Å². The second kappa shape index (κ2) is 10.2. The lowest BCUT2D eigenvalue weighted by molar-refractivity contribution is 0.487. The molecule has 2 rings (SSSR count). The Labute approximate surface area is 183 Å². The Morgan fingerprint density at radius 3 is 2.07 bits per heavy atom. The van der Waals surface area contributed by atoms with Gasteiger partial charge in [-0.05, 0) is 48.1 Å². The van der Waals surface area contributed by atoms with Crippen LogP contribution in [0.15, 0.2) is 91.3 Å². The number of rotatable bonds is 9. The first-order valence-electron chi connectivity index (χ1n) is 10.5. The third-order valence-electron chi connectivity index (χ3n) is 5.10. The van der Waals surface area contributed by atoms with Crippen molar-refractivity contribution in [1.82, 2.24) is 5.32 Å². The summed E-state index contributed by atoms with van der Waals surface area (Å²) >= 11 is 0. The highest BCUT2D eigenvalue weighted by molar-refractivity contribution is 5.75. The van der Waals surface area contributed by atoms with Crippen molar-refractivity contribution in [3.05, 3.63) is 108 Å². The summed E-state index contributed by atoms with van der Waals surface area (Å²) in [5.74, 6) is 0. The second-order valence-electron chi connectivity index (χ2n) is 8.87. The standard InChI is InChI=1S/C28H36N2/c1-9-26(28(6,7)8)19-22(4)29-21(3)18-24-12-16-27(17-13-24)30-23(5)25-14-10-20(2)11-15-25/h10-17,19,29-30H,3-5,9,18H2,1-2,6-8H3/b26-19+. The van der Waals surface area contributed by atoms with Crippen LogP contribution in [0.5, 0.6) is 0 Å². The Morgan fingerprint density at radius 1 is 0.933 bits per heavy atom. The van der Waals surface area contributed by atoms with Gasteiger partial charge in [-0.2, -0.15) is 0 Å². The summed E-state index contributed by atoms with van der Waals surface area (Å²) in [6.07, 6.45) is 3.91. The molecule has 0 aliphatic carbocycles. The average molecular weight is 401 g/mol.